The summed E-state index contributed by atoms with van der Waals surface area (Å²) < 4.78 is 0. The molecule has 0 bridgehead atoms. The second-order valence-corrected chi connectivity index (χ2v) is 5.71. The van der Waals surface area contributed by atoms with Gasteiger partial charge >= 0.3 is 0 Å². The van der Waals surface area contributed by atoms with E-state index in [1.807, 2.05) is 73.0 Å². The van der Waals surface area contributed by atoms with Gasteiger partial charge < -0.3 is 5.32 Å². The summed E-state index contributed by atoms with van der Waals surface area (Å²) in [6, 6.07) is 19.9. The van der Waals surface area contributed by atoms with Crippen molar-refractivity contribution in [2.45, 2.75) is 6.92 Å². The van der Waals surface area contributed by atoms with Crippen LogP contribution in [0.3, 0.4) is 0 Å². The lowest BCUT2D eigenvalue weighted by Gasteiger charge is -2.11. The fourth-order valence-electron chi connectivity index (χ4n) is 2.25. The quantitative estimate of drug-likeness (QED) is 0.725. The minimum atomic E-state index is -0.0501. The van der Waals surface area contributed by atoms with Gasteiger partial charge in [0, 0.05) is 11.3 Å². The van der Waals surface area contributed by atoms with Crippen LogP contribution in [0.5, 0.6) is 0 Å². The zero-order valence-corrected chi connectivity index (χ0v) is 12.5. The first-order valence-corrected chi connectivity index (χ1v) is 7.63. The Morgan fingerprint density at radius 1 is 0.952 bits per heavy atom. The lowest BCUT2D eigenvalue weighted by Crippen LogP contribution is -2.12. The molecule has 0 saturated heterocycles. The number of para-hydroxylation sites is 1. The van der Waals surface area contributed by atoms with E-state index in [1.165, 1.54) is 11.3 Å². The van der Waals surface area contributed by atoms with Gasteiger partial charge in [0.2, 0.25) is 0 Å². The van der Waals surface area contributed by atoms with Crippen LogP contribution in [0.2, 0.25) is 0 Å². The van der Waals surface area contributed by atoms with Gasteiger partial charge in [0.1, 0.15) is 0 Å². The molecule has 0 aliphatic rings. The average molecular weight is 293 g/mol. The lowest BCUT2D eigenvalue weighted by atomic mass is 10.0. The van der Waals surface area contributed by atoms with Crippen LogP contribution in [0.4, 0.5) is 5.69 Å². The fourth-order valence-corrected chi connectivity index (χ4v) is 3.07. The minimum absolute atomic E-state index is 0.0501. The molecule has 0 unspecified atom stereocenters. The Balaban J connectivity index is 1.94. The molecule has 1 N–H and O–H groups in total. The van der Waals surface area contributed by atoms with Gasteiger partial charge in [0.05, 0.1) is 4.88 Å². The molecule has 1 heterocycles. The van der Waals surface area contributed by atoms with Gasteiger partial charge in [-0.2, -0.15) is 0 Å². The molecule has 2 nitrogen and oxygen atoms in total. The van der Waals surface area contributed by atoms with E-state index in [4.69, 9.17) is 0 Å². The first-order valence-electron chi connectivity index (χ1n) is 6.75. The predicted molar refractivity (Wildman–Crippen MR) is 88.9 cm³/mol. The monoisotopic (exact) mass is 293 g/mol. The van der Waals surface area contributed by atoms with E-state index in [-0.39, 0.29) is 5.91 Å². The number of carbonyl (C=O) groups excluding carboxylic acids is 1. The molecule has 0 aliphatic carbocycles. The second-order valence-electron chi connectivity index (χ2n) is 4.80. The molecule has 0 aliphatic heterocycles. The number of anilines is 1. The van der Waals surface area contributed by atoms with E-state index in [0.29, 0.717) is 0 Å². The fraction of sp³-hybridized carbons (Fsp3) is 0.0556. The standard InChI is InChI=1S/C18H15NOS/c1-13-11-12-21-17(13)18(20)19-16-10-6-5-9-15(16)14-7-3-2-4-8-14/h2-12H,1H3,(H,19,20). The van der Waals surface area contributed by atoms with Crippen molar-refractivity contribution in [1.29, 1.82) is 0 Å². The number of amides is 1. The van der Waals surface area contributed by atoms with E-state index < -0.39 is 0 Å². The van der Waals surface area contributed by atoms with Crippen LogP contribution in [0.1, 0.15) is 15.2 Å². The summed E-state index contributed by atoms with van der Waals surface area (Å²) in [7, 11) is 0. The predicted octanol–water partition coefficient (Wildman–Crippen LogP) is 4.98. The maximum atomic E-state index is 12.4. The molecule has 0 radical (unpaired) electrons. The highest BCUT2D eigenvalue weighted by atomic mass is 32.1. The molecule has 0 spiro atoms. The third-order valence-electron chi connectivity index (χ3n) is 3.33. The average Bonchev–Trinajstić information content (AvgIpc) is 2.95. The summed E-state index contributed by atoms with van der Waals surface area (Å²) in [4.78, 5) is 13.1. The van der Waals surface area contributed by atoms with Gasteiger partial charge in [0.25, 0.3) is 5.91 Å². The van der Waals surface area contributed by atoms with E-state index in [0.717, 1.165) is 27.3 Å². The zero-order valence-electron chi connectivity index (χ0n) is 11.7. The van der Waals surface area contributed by atoms with Gasteiger partial charge in [-0.05, 0) is 35.6 Å². The topological polar surface area (TPSA) is 29.1 Å². The van der Waals surface area contributed by atoms with Crippen LogP contribution in [-0.2, 0) is 0 Å². The smallest absolute Gasteiger partial charge is 0.266 e. The summed E-state index contributed by atoms with van der Waals surface area (Å²) in [5, 5.41) is 4.96. The molecular weight excluding hydrogens is 278 g/mol. The number of nitrogens with one attached hydrogen (secondary N) is 1. The molecule has 104 valence electrons. The van der Waals surface area contributed by atoms with Crippen molar-refractivity contribution in [3.8, 4) is 11.1 Å². The first kappa shape index (κ1) is 13.6. The SMILES string of the molecule is Cc1ccsc1C(=O)Nc1ccccc1-c1ccccc1. The first-order chi connectivity index (χ1) is 10.3. The Bertz CT molecular complexity index is 762. The summed E-state index contributed by atoms with van der Waals surface area (Å²) in [6.45, 7) is 1.95. The molecule has 1 amide bonds. The minimum Gasteiger partial charge on any atom is -0.321 e. The maximum Gasteiger partial charge on any atom is 0.266 e. The molecule has 3 rings (SSSR count). The normalized spacial score (nSPS) is 10.3. The summed E-state index contributed by atoms with van der Waals surface area (Å²) >= 11 is 1.47. The van der Waals surface area contributed by atoms with Gasteiger partial charge in [-0.15, -0.1) is 11.3 Å². The van der Waals surface area contributed by atoms with Gasteiger partial charge in [-0.3, -0.25) is 4.79 Å². The third kappa shape index (κ3) is 2.88. The van der Waals surface area contributed by atoms with E-state index in [2.05, 4.69) is 5.32 Å². The second kappa shape index (κ2) is 5.94. The molecule has 0 atom stereocenters. The largest absolute Gasteiger partial charge is 0.321 e. The molecular formula is C18H15NOS. The zero-order chi connectivity index (χ0) is 14.7. The maximum absolute atomic E-state index is 12.4. The number of hydrogen-bond donors (Lipinski definition) is 1. The van der Waals surface area contributed by atoms with Crippen molar-refractivity contribution in [1.82, 2.24) is 0 Å². The molecule has 0 saturated carbocycles. The highest BCUT2D eigenvalue weighted by Gasteiger charge is 2.12. The summed E-state index contributed by atoms with van der Waals surface area (Å²) in [5.41, 5.74) is 3.97. The molecule has 0 fully saturated rings. The number of benzene rings is 2. The molecule has 2 aromatic carbocycles. The van der Waals surface area contributed by atoms with Gasteiger partial charge in [0.15, 0.2) is 0 Å². The number of hydrogen-bond acceptors (Lipinski definition) is 2. The molecule has 3 aromatic rings. The highest BCUT2D eigenvalue weighted by molar-refractivity contribution is 7.12. The van der Waals surface area contributed by atoms with Crippen LogP contribution in [0.25, 0.3) is 11.1 Å². The Labute approximate surface area is 128 Å². The summed E-state index contributed by atoms with van der Waals surface area (Å²) in [5.74, 6) is -0.0501. The number of carbonyl (C=O) groups is 1. The molecule has 21 heavy (non-hydrogen) atoms. The van der Waals surface area contributed by atoms with Crippen molar-refractivity contribution >= 4 is 22.9 Å². The lowest BCUT2D eigenvalue weighted by molar-refractivity contribution is 0.103. The molecule has 1 aromatic heterocycles. The Morgan fingerprint density at radius 2 is 1.67 bits per heavy atom. The van der Waals surface area contributed by atoms with Crippen molar-refractivity contribution in [3.05, 3.63) is 76.5 Å². The van der Waals surface area contributed by atoms with E-state index >= 15 is 0 Å². The Kier molecular flexibility index (Phi) is 3.84. The summed E-state index contributed by atoms with van der Waals surface area (Å²) in [6.07, 6.45) is 0. The van der Waals surface area contributed by atoms with Gasteiger partial charge in [-0.1, -0.05) is 48.5 Å². The van der Waals surface area contributed by atoms with Crippen LogP contribution in [0.15, 0.2) is 66.0 Å². The number of aryl methyl sites for hydroxylation is 1. The van der Waals surface area contributed by atoms with E-state index in [9.17, 15) is 4.79 Å². The number of rotatable bonds is 3. The third-order valence-corrected chi connectivity index (χ3v) is 4.34. The van der Waals surface area contributed by atoms with E-state index in [1.54, 1.807) is 0 Å². The number of thiophene rings is 1. The Morgan fingerprint density at radius 3 is 2.38 bits per heavy atom. The van der Waals surface area contributed by atoms with Gasteiger partial charge in [-0.25, -0.2) is 0 Å². The van der Waals surface area contributed by atoms with Crippen LogP contribution in [-0.4, -0.2) is 5.91 Å². The van der Waals surface area contributed by atoms with Crippen molar-refractivity contribution < 1.29 is 4.79 Å². The molecule has 3 heteroatoms. The van der Waals surface area contributed by atoms with Crippen LogP contribution in [0, 0.1) is 6.92 Å². The van der Waals surface area contributed by atoms with Crippen LogP contribution < -0.4 is 5.32 Å². The van der Waals surface area contributed by atoms with Crippen molar-refractivity contribution in [3.63, 3.8) is 0 Å². The van der Waals surface area contributed by atoms with Crippen molar-refractivity contribution in [2.24, 2.45) is 0 Å². The van der Waals surface area contributed by atoms with Crippen LogP contribution >= 0.6 is 11.3 Å². The highest BCUT2D eigenvalue weighted by Crippen LogP contribution is 2.28. The van der Waals surface area contributed by atoms with Crippen molar-refractivity contribution in [2.75, 3.05) is 5.32 Å². The Hall–Kier alpha value is -2.39.